The van der Waals surface area contributed by atoms with Gasteiger partial charge < -0.3 is 19.1 Å². The van der Waals surface area contributed by atoms with Gasteiger partial charge in [-0.3, -0.25) is 4.98 Å². The molecule has 8 heteroatoms. The molecule has 0 unspecified atom stereocenters. The first-order valence-electron chi connectivity index (χ1n) is 11.8. The number of aromatic nitrogens is 3. The number of rotatable bonds is 4. The molecule has 1 aliphatic rings. The molecule has 4 heterocycles. The maximum absolute atomic E-state index is 14.1. The van der Waals surface area contributed by atoms with Crippen molar-refractivity contribution in [3.63, 3.8) is 0 Å². The van der Waals surface area contributed by atoms with E-state index < -0.39 is 0 Å². The van der Waals surface area contributed by atoms with E-state index >= 15 is 0 Å². The van der Waals surface area contributed by atoms with E-state index in [0.29, 0.717) is 17.4 Å². The molecular formula is C30H19FN5OPt-3. The maximum Gasteiger partial charge on any atom is 0.138 e. The van der Waals surface area contributed by atoms with Crippen LogP contribution in [-0.4, -0.2) is 21.6 Å². The largest absolute Gasteiger partial charge is 0.504 e. The Kier molecular flexibility index (Phi) is 6.09. The number of halogens is 1. The molecule has 0 amide bonds. The van der Waals surface area contributed by atoms with Crippen LogP contribution >= 0.6 is 0 Å². The van der Waals surface area contributed by atoms with E-state index in [-0.39, 0.29) is 26.9 Å². The third kappa shape index (κ3) is 4.00. The minimum absolute atomic E-state index is 0. The number of fused-ring (bicyclic) bond motifs is 4. The van der Waals surface area contributed by atoms with Gasteiger partial charge in [0, 0.05) is 56.0 Å². The number of ether oxygens (including phenoxy) is 1. The van der Waals surface area contributed by atoms with Gasteiger partial charge in [0.2, 0.25) is 0 Å². The Labute approximate surface area is 233 Å². The molecule has 0 spiro atoms. The van der Waals surface area contributed by atoms with Crippen LogP contribution < -0.4 is 14.5 Å². The van der Waals surface area contributed by atoms with Crippen molar-refractivity contribution in [1.29, 1.82) is 0 Å². The summed E-state index contributed by atoms with van der Waals surface area (Å²) in [6, 6.07) is 31.2. The summed E-state index contributed by atoms with van der Waals surface area (Å²) in [5.41, 5.74) is 4.60. The molecule has 3 aromatic heterocycles. The summed E-state index contributed by atoms with van der Waals surface area (Å²) in [5, 5.41) is 1.98. The molecule has 38 heavy (non-hydrogen) atoms. The quantitative estimate of drug-likeness (QED) is 0.192. The SMILES string of the molecule is CN1[CH-]N(c2[c-]c(Oc3[c-]c4c(cc3)c3ccccc3n4-c3cc(F)ccn3)ncc2)c2ccccc21.[Pt]. The van der Waals surface area contributed by atoms with Crippen LogP contribution in [0.4, 0.5) is 21.5 Å². The predicted molar refractivity (Wildman–Crippen MR) is 142 cm³/mol. The summed E-state index contributed by atoms with van der Waals surface area (Å²) in [6.45, 7) is 2.00. The Morgan fingerprint density at radius 2 is 1.63 bits per heavy atom. The fraction of sp³-hybridized carbons (Fsp3) is 0.0333. The Morgan fingerprint density at radius 1 is 0.842 bits per heavy atom. The molecule has 190 valence electrons. The van der Waals surface area contributed by atoms with E-state index in [9.17, 15) is 4.39 Å². The second-order valence-electron chi connectivity index (χ2n) is 8.72. The maximum atomic E-state index is 14.1. The molecular weight excluding hydrogens is 660 g/mol. The van der Waals surface area contributed by atoms with Crippen molar-refractivity contribution < 1.29 is 30.2 Å². The molecule has 6 nitrogen and oxygen atoms in total. The number of benzene rings is 3. The fourth-order valence-corrected chi connectivity index (χ4v) is 4.80. The number of anilines is 3. The van der Waals surface area contributed by atoms with Crippen LogP contribution in [0.2, 0.25) is 0 Å². The topological polar surface area (TPSA) is 46.4 Å². The van der Waals surface area contributed by atoms with Gasteiger partial charge in [-0.15, -0.1) is 17.5 Å². The molecule has 6 aromatic rings. The number of hydrogen-bond donors (Lipinski definition) is 0. The van der Waals surface area contributed by atoms with Gasteiger partial charge in [0.25, 0.3) is 0 Å². The molecule has 0 bridgehead atoms. The zero-order valence-electron chi connectivity index (χ0n) is 20.1. The Hall–Kier alpha value is -4.22. The van der Waals surface area contributed by atoms with Gasteiger partial charge in [0.15, 0.2) is 0 Å². The van der Waals surface area contributed by atoms with Crippen molar-refractivity contribution in [3.05, 3.63) is 116 Å². The Balaban J connectivity index is 0.00000264. The van der Waals surface area contributed by atoms with Crippen LogP contribution in [-0.2, 0) is 21.1 Å². The summed E-state index contributed by atoms with van der Waals surface area (Å²) < 4.78 is 22.1. The summed E-state index contributed by atoms with van der Waals surface area (Å²) in [5.74, 6) is 0.903. The second-order valence-corrected chi connectivity index (χ2v) is 8.72. The second kappa shape index (κ2) is 9.58. The number of nitrogens with zero attached hydrogens (tertiary/aromatic N) is 5. The standard InChI is InChI=1S/C30H19FN5O.Pt/c1-34-19-35(27-9-5-4-8-26(27)34)21-13-15-33-30(17-21)37-22-10-11-24-23-6-2-3-7-25(23)36(28(24)18-22)29-16-20(31)12-14-32-29;/h2-16,19H,1H3;/q-3;. The van der Waals surface area contributed by atoms with E-state index in [1.807, 2.05) is 77.8 Å². The van der Waals surface area contributed by atoms with Crippen LogP contribution in [0, 0.1) is 24.6 Å². The zero-order chi connectivity index (χ0) is 24.9. The molecule has 0 fully saturated rings. The molecule has 7 rings (SSSR count). The molecule has 0 saturated heterocycles. The van der Waals surface area contributed by atoms with Crippen molar-refractivity contribution in [2.45, 2.75) is 0 Å². The molecule has 0 aliphatic carbocycles. The van der Waals surface area contributed by atoms with Crippen LogP contribution in [0.25, 0.3) is 27.6 Å². The first-order chi connectivity index (χ1) is 18.2. The average molecular weight is 680 g/mol. The van der Waals surface area contributed by atoms with Crippen molar-refractivity contribution >= 4 is 38.9 Å². The van der Waals surface area contributed by atoms with Gasteiger partial charge in [-0.05, 0) is 42.9 Å². The molecule has 0 saturated carbocycles. The first kappa shape index (κ1) is 24.1. The minimum atomic E-state index is -0.357. The molecule has 0 atom stereocenters. The number of para-hydroxylation sites is 3. The van der Waals surface area contributed by atoms with Crippen molar-refractivity contribution in [1.82, 2.24) is 14.5 Å². The Bertz CT molecular complexity index is 1800. The van der Waals surface area contributed by atoms with E-state index in [1.54, 1.807) is 6.20 Å². The average Bonchev–Trinajstić information content (AvgIpc) is 3.43. The van der Waals surface area contributed by atoms with Crippen LogP contribution in [0.5, 0.6) is 11.6 Å². The fourth-order valence-electron chi connectivity index (χ4n) is 4.80. The van der Waals surface area contributed by atoms with E-state index in [1.165, 1.54) is 18.3 Å². The third-order valence-corrected chi connectivity index (χ3v) is 6.43. The van der Waals surface area contributed by atoms with Crippen LogP contribution in [0.15, 0.2) is 91.3 Å². The number of pyridine rings is 2. The molecule has 0 N–H and O–H groups in total. The van der Waals surface area contributed by atoms with E-state index in [2.05, 4.69) is 39.1 Å². The van der Waals surface area contributed by atoms with Gasteiger partial charge in [-0.25, -0.2) is 9.37 Å². The number of hydrogen-bond acceptors (Lipinski definition) is 5. The van der Waals surface area contributed by atoms with Gasteiger partial charge in [0.05, 0.1) is 0 Å². The van der Waals surface area contributed by atoms with Crippen LogP contribution in [0.3, 0.4) is 0 Å². The zero-order valence-corrected chi connectivity index (χ0v) is 22.3. The molecule has 1 aliphatic heterocycles. The van der Waals surface area contributed by atoms with Gasteiger partial charge in [-0.2, -0.15) is 30.6 Å². The Morgan fingerprint density at radius 3 is 2.50 bits per heavy atom. The van der Waals surface area contributed by atoms with Gasteiger partial charge in [0.1, 0.15) is 17.5 Å². The smallest absolute Gasteiger partial charge is 0.138 e. The summed E-state index contributed by atoms with van der Waals surface area (Å²) >= 11 is 0. The van der Waals surface area contributed by atoms with Gasteiger partial charge >= 0.3 is 0 Å². The van der Waals surface area contributed by atoms with Crippen molar-refractivity contribution in [2.24, 2.45) is 0 Å². The third-order valence-electron chi connectivity index (χ3n) is 6.43. The predicted octanol–water partition coefficient (Wildman–Crippen LogP) is 6.81. The summed E-state index contributed by atoms with van der Waals surface area (Å²) in [6.07, 6.45) is 3.16. The monoisotopic (exact) mass is 679 g/mol. The summed E-state index contributed by atoms with van der Waals surface area (Å²) in [7, 11) is 2.01. The molecule has 0 radical (unpaired) electrons. The van der Waals surface area contributed by atoms with E-state index in [0.717, 1.165) is 38.9 Å². The normalized spacial score (nSPS) is 12.6. The molecule has 3 aromatic carbocycles. The van der Waals surface area contributed by atoms with E-state index in [4.69, 9.17) is 4.74 Å². The first-order valence-corrected chi connectivity index (χ1v) is 11.8. The van der Waals surface area contributed by atoms with Crippen molar-refractivity contribution in [3.8, 4) is 17.4 Å². The van der Waals surface area contributed by atoms with Gasteiger partial charge in [-0.1, -0.05) is 35.8 Å². The minimum Gasteiger partial charge on any atom is -0.504 e. The summed E-state index contributed by atoms with van der Waals surface area (Å²) in [4.78, 5) is 12.9. The van der Waals surface area contributed by atoms with Crippen molar-refractivity contribution in [2.75, 3.05) is 16.8 Å². The van der Waals surface area contributed by atoms with Crippen LogP contribution in [0.1, 0.15) is 0 Å².